The van der Waals surface area contributed by atoms with E-state index >= 15 is 0 Å². The van der Waals surface area contributed by atoms with Crippen LogP contribution in [0.15, 0.2) is 18.6 Å². The van der Waals surface area contributed by atoms with E-state index in [-0.39, 0.29) is 18.9 Å². The topological polar surface area (TPSA) is 74.6 Å². The van der Waals surface area contributed by atoms with Crippen LogP contribution < -0.4 is 5.73 Å². The number of rotatable bonds is 4. The quantitative estimate of drug-likeness (QED) is 0.820. The van der Waals surface area contributed by atoms with Crippen molar-refractivity contribution in [3.05, 3.63) is 30.1 Å². The van der Waals surface area contributed by atoms with Crippen molar-refractivity contribution in [3.8, 4) is 0 Å². The van der Waals surface area contributed by atoms with Gasteiger partial charge < -0.3 is 5.73 Å². The van der Waals surface area contributed by atoms with Gasteiger partial charge in [0.05, 0.1) is 11.9 Å². The van der Waals surface area contributed by atoms with Gasteiger partial charge in [-0.2, -0.15) is 8.78 Å². The van der Waals surface area contributed by atoms with Crippen LogP contribution in [0.3, 0.4) is 0 Å². The Morgan fingerprint density at radius 1 is 1.44 bits per heavy atom. The largest absolute Gasteiger partial charge is 0.325 e. The van der Waals surface area contributed by atoms with Crippen LogP contribution in [0.5, 0.6) is 0 Å². The molecule has 0 radical (unpaired) electrons. The molecular formula is C8H10F2N6. The monoisotopic (exact) mass is 228 g/mol. The van der Waals surface area contributed by atoms with Gasteiger partial charge >= 0.3 is 6.55 Å². The summed E-state index contributed by atoms with van der Waals surface area (Å²) in [7, 11) is 0. The molecule has 16 heavy (non-hydrogen) atoms. The fourth-order valence-corrected chi connectivity index (χ4v) is 1.30. The zero-order chi connectivity index (χ0) is 11.5. The molecule has 2 N–H and O–H groups in total. The van der Waals surface area contributed by atoms with Crippen molar-refractivity contribution in [3.63, 3.8) is 0 Å². The zero-order valence-electron chi connectivity index (χ0n) is 8.29. The molecule has 0 aliphatic heterocycles. The van der Waals surface area contributed by atoms with E-state index in [2.05, 4.69) is 15.3 Å². The van der Waals surface area contributed by atoms with E-state index in [1.807, 2.05) is 0 Å². The molecule has 0 saturated carbocycles. The van der Waals surface area contributed by atoms with Gasteiger partial charge in [-0.1, -0.05) is 5.21 Å². The average molecular weight is 228 g/mol. The molecular weight excluding hydrogens is 218 g/mol. The molecule has 0 fully saturated rings. The van der Waals surface area contributed by atoms with Crippen LogP contribution >= 0.6 is 0 Å². The number of halogens is 2. The highest BCUT2D eigenvalue weighted by molar-refractivity contribution is 4.96. The summed E-state index contributed by atoms with van der Waals surface area (Å²) in [6.45, 7) is -2.19. The smallest absolute Gasteiger partial charge is 0.319 e. The van der Waals surface area contributed by atoms with E-state index in [0.717, 1.165) is 4.57 Å². The van der Waals surface area contributed by atoms with Crippen molar-refractivity contribution in [2.45, 2.75) is 19.6 Å². The lowest BCUT2D eigenvalue weighted by atomic mass is 10.5. The molecule has 2 aromatic heterocycles. The van der Waals surface area contributed by atoms with Gasteiger partial charge in [0.25, 0.3) is 0 Å². The van der Waals surface area contributed by atoms with Crippen molar-refractivity contribution < 1.29 is 8.78 Å². The lowest BCUT2D eigenvalue weighted by Crippen LogP contribution is -2.09. The third kappa shape index (κ3) is 2.06. The van der Waals surface area contributed by atoms with Crippen LogP contribution in [0.25, 0.3) is 0 Å². The normalized spacial score (nSPS) is 11.2. The number of imidazole rings is 1. The second-order valence-electron chi connectivity index (χ2n) is 3.14. The van der Waals surface area contributed by atoms with E-state index in [9.17, 15) is 8.78 Å². The maximum absolute atomic E-state index is 12.5. The summed E-state index contributed by atoms with van der Waals surface area (Å²) in [6, 6.07) is 0. The summed E-state index contributed by atoms with van der Waals surface area (Å²) in [6.07, 6.45) is 4.15. The number of hydrogen-bond donors (Lipinski definition) is 1. The molecule has 0 spiro atoms. The van der Waals surface area contributed by atoms with E-state index in [1.54, 1.807) is 6.20 Å². The van der Waals surface area contributed by atoms with Gasteiger partial charge in [0.1, 0.15) is 12.4 Å². The predicted octanol–water partition coefficient (Wildman–Crippen LogP) is 0.377. The summed E-state index contributed by atoms with van der Waals surface area (Å²) in [4.78, 5) is 3.83. The first kappa shape index (κ1) is 10.7. The van der Waals surface area contributed by atoms with Crippen LogP contribution in [-0.2, 0) is 13.1 Å². The van der Waals surface area contributed by atoms with Gasteiger partial charge in [-0.15, -0.1) is 5.10 Å². The molecule has 0 unspecified atom stereocenters. The summed E-state index contributed by atoms with van der Waals surface area (Å²) in [5, 5.41) is 7.50. The average Bonchev–Trinajstić information content (AvgIpc) is 2.87. The van der Waals surface area contributed by atoms with Gasteiger partial charge in [-0.25, -0.2) is 9.67 Å². The maximum atomic E-state index is 12.5. The van der Waals surface area contributed by atoms with Crippen molar-refractivity contribution >= 4 is 0 Å². The molecule has 0 atom stereocenters. The zero-order valence-corrected chi connectivity index (χ0v) is 8.29. The van der Waals surface area contributed by atoms with E-state index < -0.39 is 6.55 Å². The van der Waals surface area contributed by atoms with Crippen LogP contribution in [-0.4, -0.2) is 24.5 Å². The molecule has 0 saturated heterocycles. The number of hydrogen-bond acceptors (Lipinski definition) is 4. The van der Waals surface area contributed by atoms with Crippen LogP contribution in [0, 0.1) is 0 Å². The molecule has 0 amide bonds. The molecule has 8 heteroatoms. The van der Waals surface area contributed by atoms with E-state index in [1.165, 1.54) is 17.1 Å². The molecule has 2 rings (SSSR count). The third-order valence-electron chi connectivity index (χ3n) is 2.06. The summed E-state index contributed by atoms with van der Waals surface area (Å²) < 4.78 is 27.2. The molecule has 2 aromatic rings. The minimum Gasteiger partial charge on any atom is -0.325 e. The number of alkyl halides is 2. The lowest BCUT2D eigenvalue weighted by Gasteiger charge is -2.05. The number of aromatic nitrogens is 5. The Bertz CT molecular complexity index is 463. The second kappa shape index (κ2) is 4.35. The molecule has 0 aliphatic rings. The van der Waals surface area contributed by atoms with Crippen molar-refractivity contribution in [1.82, 2.24) is 24.5 Å². The summed E-state index contributed by atoms with van der Waals surface area (Å²) >= 11 is 0. The van der Waals surface area contributed by atoms with Gasteiger partial charge in [-0.05, 0) is 0 Å². The van der Waals surface area contributed by atoms with Gasteiger partial charge in [0.15, 0.2) is 0 Å². The highest BCUT2D eigenvalue weighted by Gasteiger charge is 2.12. The minimum atomic E-state index is -2.60. The van der Waals surface area contributed by atoms with Crippen LogP contribution in [0.1, 0.15) is 18.1 Å². The molecule has 0 bridgehead atoms. The Balaban J connectivity index is 2.17. The van der Waals surface area contributed by atoms with Crippen molar-refractivity contribution in [2.24, 2.45) is 5.73 Å². The Kier molecular flexibility index (Phi) is 2.91. The summed E-state index contributed by atoms with van der Waals surface area (Å²) in [5.41, 5.74) is 5.96. The van der Waals surface area contributed by atoms with Crippen molar-refractivity contribution in [2.75, 3.05) is 0 Å². The molecule has 0 aromatic carbocycles. The van der Waals surface area contributed by atoms with Crippen LogP contribution in [0.2, 0.25) is 0 Å². The Hall–Kier alpha value is -1.83. The minimum absolute atomic E-state index is 0.143. The first-order chi connectivity index (χ1) is 7.70. The van der Waals surface area contributed by atoms with Crippen molar-refractivity contribution in [1.29, 1.82) is 0 Å². The Labute approximate surface area is 89.7 Å². The second-order valence-corrected chi connectivity index (χ2v) is 3.14. The van der Waals surface area contributed by atoms with Gasteiger partial charge in [0.2, 0.25) is 0 Å². The molecule has 6 nitrogen and oxygen atoms in total. The number of nitrogens with zero attached hydrogens (tertiary/aromatic N) is 5. The van der Waals surface area contributed by atoms with Gasteiger partial charge in [-0.3, -0.25) is 4.57 Å². The summed E-state index contributed by atoms with van der Waals surface area (Å²) in [5.74, 6) is 0.225. The lowest BCUT2D eigenvalue weighted by molar-refractivity contribution is 0.0665. The van der Waals surface area contributed by atoms with E-state index in [4.69, 9.17) is 5.73 Å². The predicted molar refractivity (Wildman–Crippen MR) is 50.5 cm³/mol. The highest BCUT2D eigenvalue weighted by Crippen LogP contribution is 2.12. The SMILES string of the molecule is NCc1cn(Cc2nccn2C(F)F)nn1. The first-order valence-corrected chi connectivity index (χ1v) is 4.59. The Morgan fingerprint density at radius 3 is 2.88 bits per heavy atom. The molecule has 86 valence electrons. The van der Waals surface area contributed by atoms with Gasteiger partial charge in [0, 0.05) is 18.9 Å². The maximum Gasteiger partial charge on any atom is 0.319 e. The fourth-order valence-electron chi connectivity index (χ4n) is 1.30. The van der Waals surface area contributed by atoms with Crippen LogP contribution in [0.4, 0.5) is 8.78 Å². The fraction of sp³-hybridized carbons (Fsp3) is 0.375. The van der Waals surface area contributed by atoms with E-state index in [0.29, 0.717) is 5.69 Å². The third-order valence-corrected chi connectivity index (χ3v) is 2.06. The molecule has 2 heterocycles. The molecule has 0 aliphatic carbocycles. The first-order valence-electron chi connectivity index (χ1n) is 4.59. The number of nitrogens with two attached hydrogens (primary N) is 1. The Morgan fingerprint density at radius 2 is 2.25 bits per heavy atom. The standard InChI is InChI=1S/C8H10F2N6/c9-8(10)16-2-1-12-7(16)5-15-4-6(3-11)13-14-15/h1-2,4,8H,3,5,11H2. The highest BCUT2D eigenvalue weighted by atomic mass is 19.3.